The van der Waals surface area contributed by atoms with Crippen LogP contribution in [0.25, 0.3) is 0 Å². The molecule has 0 aliphatic carbocycles. The first kappa shape index (κ1) is 19.4. The van der Waals surface area contributed by atoms with Crippen molar-refractivity contribution in [3.63, 3.8) is 0 Å². The number of nitrogens with zero attached hydrogens (tertiary/aromatic N) is 3. The Balaban J connectivity index is 1.54. The summed E-state index contributed by atoms with van der Waals surface area (Å²) in [5, 5.41) is 12.0. The van der Waals surface area contributed by atoms with Crippen LogP contribution in [0, 0.1) is 17.2 Å². The molecule has 0 spiro atoms. The molecule has 3 rings (SSSR count). The van der Waals surface area contributed by atoms with Gasteiger partial charge in [-0.15, -0.1) is 0 Å². The number of nitriles is 1. The van der Waals surface area contributed by atoms with Gasteiger partial charge in [0.25, 0.3) is 0 Å². The average Bonchev–Trinajstić information content (AvgIpc) is 2.74. The zero-order valence-electron chi connectivity index (χ0n) is 15.8. The van der Waals surface area contributed by atoms with E-state index in [9.17, 15) is 9.59 Å². The SMILES string of the molecule is N#CCN(Cc1ccccc1)C(=O)C1CCN(C(=O)Nc2ccccc2)CC1. The van der Waals surface area contributed by atoms with Gasteiger partial charge in [-0.05, 0) is 30.5 Å². The van der Waals surface area contributed by atoms with E-state index < -0.39 is 0 Å². The number of rotatable bonds is 5. The van der Waals surface area contributed by atoms with Crippen molar-refractivity contribution in [2.75, 3.05) is 25.0 Å². The number of urea groups is 1. The van der Waals surface area contributed by atoms with Crippen molar-refractivity contribution in [1.29, 1.82) is 5.26 Å². The first-order chi connectivity index (χ1) is 13.7. The smallest absolute Gasteiger partial charge is 0.321 e. The van der Waals surface area contributed by atoms with E-state index >= 15 is 0 Å². The van der Waals surface area contributed by atoms with E-state index in [2.05, 4.69) is 11.4 Å². The van der Waals surface area contributed by atoms with Crippen LogP contribution in [0.4, 0.5) is 10.5 Å². The third kappa shape index (κ3) is 5.10. The average molecular weight is 376 g/mol. The quantitative estimate of drug-likeness (QED) is 0.812. The molecule has 3 amide bonds. The van der Waals surface area contributed by atoms with E-state index in [1.54, 1.807) is 9.80 Å². The Hall–Kier alpha value is -3.33. The molecule has 28 heavy (non-hydrogen) atoms. The van der Waals surface area contributed by atoms with Gasteiger partial charge in [0, 0.05) is 31.2 Å². The minimum absolute atomic E-state index is 0.00600. The molecule has 1 N–H and O–H groups in total. The normalized spacial score (nSPS) is 14.2. The highest BCUT2D eigenvalue weighted by Crippen LogP contribution is 2.21. The Morgan fingerprint density at radius 3 is 2.25 bits per heavy atom. The Labute approximate surface area is 165 Å². The van der Waals surface area contributed by atoms with Crippen LogP contribution in [0.15, 0.2) is 60.7 Å². The Bertz CT molecular complexity index is 825. The highest BCUT2D eigenvalue weighted by Gasteiger charge is 2.30. The molecule has 1 fully saturated rings. The van der Waals surface area contributed by atoms with E-state index in [4.69, 9.17) is 5.26 Å². The molecule has 2 aromatic rings. The first-order valence-corrected chi connectivity index (χ1v) is 9.48. The summed E-state index contributed by atoms with van der Waals surface area (Å²) < 4.78 is 0. The van der Waals surface area contributed by atoms with E-state index in [-0.39, 0.29) is 24.4 Å². The van der Waals surface area contributed by atoms with E-state index in [0.717, 1.165) is 11.3 Å². The lowest BCUT2D eigenvalue weighted by molar-refractivity contribution is -0.136. The van der Waals surface area contributed by atoms with Gasteiger partial charge in [0.05, 0.1) is 6.07 Å². The Morgan fingerprint density at radius 1 is 1.04 bits per heavy atom. The molecule has 1 heterocycles. The fraction of sp³-hybridized carbons (Fsp3) is 0.318. The number of para-hydroxylation sites is 1. The molecule has 2 aromatic carbocycles. The van der Waals surface area contributed by atoms with Crippen LogP contribution in [-0.4, -0.2) is 41.4 Å². The van der Waals surface area contributed by atoms with Crippen molar-refractivity contribution < 1.29 is 9.59 Å². The van der Waals surface area contributed by atoms with Crippen LogP contribution >= 0.6 is 0 Å². The minimum atomic E-state index is -0.155. The number of anilines is 1. The fourth-order valence-electron chi connectivity index (χ4n) is 3.41. The predicted octanol–water partition coefficient (Wildman–Crippen LogP) is 3.48. The number of hydrogen-bond donors (Lipinski definition) is 1. The van der Waals surface area contributed by atoms with Gasteiger partial charge in [0.2, 0.25) is 5.91 Å². The molecule has 0 radical (unpaired) electrons. The number of hydrogen-bond acceptors (Lipinski definition) is 3. The molecule has 1 saturated heterocycles. The number of carbonyl (C=O) groups is 2. The highest BCUT2D eigenvalue weighted by molar-refractivity contribution is 5.89. The van der Waals surface area contributed by atoms with Crippen LogP contribution < -0.4 is 5.32 Å². The van der Waals surface area contributed by atoms with E-state index in [1.165, 1.54) is 0 Å². The Kier molecular flexibility index (Phi) is 6.64. The monoisotopic (exact) mass is 376 g/mol. The number of carbonyl (C=O) groups excluding carboxylic acids is 2. The molecular weight excluding hydrogens is 352 g/mol. The van der Waals surface area contributed by atoms with Crippen molar-refractivity contribution in [3.8, 4) is 6.07 Å². The highest BCUT2D eigenvalue weighted by atomic mass is 16.2. The van der Waals surface area contributed by atoms with Crippen molar-refractivity contribution in [1.82, 2.24) is 9.80 Å². The zero-order chi connectivity index (χ0) is 19.8. The van der Waals surface area contributed by atoms with Gasteiger partial charge >= 0.3 is 6.03 Å². The predicted molar refractivity (Wildman–Crippen MR) is 107 cm³/mol. The second-order valence-corrected chi connectivity index (χ2v) is 6.90. The summed E-state index contributed by atoms with van der Waals surface area (Å²) in [4.78, 5) is 28.7. The van der Waals surface area contributed by atoms with E-state index in [1.807, 2.05) is 60.7 Å². The van der Waals surface area contributed by atoms with Crippen molar-refractivity contribution in [2.24, 2.45) is 5.92 Å². The molecular formula is C22H24N4O2. The maximum Gasteiger partial charge on any atom is 0.321 e. The maximum absolute atomic E-state index is 12.9. The summed E-state index contributed by atoms with van der Waals surface area (Å²) in [7, 11) is 0. The molecule has 0 unspecified atom stereocenters. The third-order valence-electron chi connectivity index (χ3n) is 4.95. The molecule has 144 valence electrons. The first-order valence-electron chi connectivity index (χ1n) is 9.48. The summed E-state index contributed by atoms with van der Waals surface area (Å²) >= 11 is 0. The zero-order valence-corrected chi connectivity index (χ0v) is 15.8. The summed E-state index contributed by atoms with van der Waals surface area (Å²) in [6, 6.07) is 21.0. The minimum Gasteiger partial charge on any atom is -0.325 e. The van der Waals surface area contributed by atoms with Gasteiger partial charge in [0.15, 0.2) is 0 Å². The molecule has 6 heteroatoms. The third-order valence-corrected chi connectivity index (χ3v) is 4.95. The standard InChI is InChI=1S/C22H24N4O2/c23-13-16-26(17-18-7-3-1-4-8-18)21(27)19-11-14-25(15-12-19)22(28)24-20-9-5-2-6-10-20/h1-10,19H,11-12,14-17H2,(H,24,28). The number of piperidine rings is 1. The summed E-state index contributed by atoms with van der Waals surface area (Å²) in [6.07, 6.45) is 1.22. The van der Waals surface area contributed by atoms with Crippen molar-refractivity contribution >= 4 is 17.6 Å². The second-order valence-electron chi connectivity index (χ2n) is 6.90. The number of benzene rings is 2. The summed E-state index contributed by atoms with van der Waals surface area (Å²) in [5.41, 5.74) is 1.76. The van der Waals surface area contributed by atoms with Crippen LogP contribution in [0.1, 0.15) is 18.4 Å². The fourth-order valence-corrected chi connectivity index (χ4v) is 3.41. The lowest BCUT2D eigenvalue weighted by Crippen LogP contribution is -2.45. The van der Waals surface area contributed by atoms with Crippen molar-refractivity contribution in [2.45, 2.75) is 19.4 Å². The molecule has 1 aliphatic rings. The number of nitrogens with one attached hydrogen (secondary N) is 1. The van der Waals surface area contributed by atoms with Gasteiger partial charge in [-0.3, -0.25) is 4.79 Å². The molecule has 6 nitrogen and oxygen atoms in total. The second kappa shape index (κ2) is 9.56. The number of amides is 3. The van der Waals surface area contributed by atoms with Gasteiger partial charge < -0.3 is 15.1 Å². The van der Waals surface area contributed by atoms with Crippen LogP contribution in [0.3, 0.4) is 0 Å². The lowest BCUT2D eigenvalue weighted by Gasteiger charge is -2.33. The van der Waals surface area contributed by atoms with E-state index in [0.29, 0.717) is 32.5 Å². The molecule has 0 aromatic heterocycles. The Morgan fingerprint density at radius 2 is 1.64 bits per heavy atom. The lowest BCUT2D eigenvalue weighted by atomic mass is 9.95. The molecule has 1 aliphatic heterocycles. The topological polar surface area (TPSA) is 76.4 Å². The summed E-state index contributed by atoms with van der Waals surface area (Å²) in [6.45, 7) is 1.56. The van der Waals surface area contributed by atoms with Gasteiger partial charge in [0.1, 0.15) is 6.54 Å². The van der Waals surface area contributed by atoms with Crippen molar-refractivity contribution in [3.05, 3.63) is 66.2 Å². The number of likely N-dealkylation sites (tertiary alicyclic amines) is 1. The largest absolute Gasteiger partial charge is 0.325 e. The van der Waals surface area contributed by atoms with Crippen LogP contribution in [0.2, 0.25) is 0 Å². The van der Waals surface area contributed by atoms with Gasteiger partial charge in [-0.25, -0.2) is 4.79 Å². The van der Waals surface area contributed by atoms with Crippen LogP contribution in [0.5, 0.6) is 0 Å². The molecule has 0 saturated carbocycles. The molecule has 0 atom stereocenters. The van der Waals surface area contributed by atoms with Gasteiger partial charge in [-0.2, -0.15) is 5.26 Å². The molecule has 0 bridgehead atoms. The maximum atomic E-state index is 12.9. The summed E-state index contributed by atoms with van der Waals surface area (Å²) in [5.74, 6) is -0.161. The van der Waals surface area contributed by atoms with Gasteiger partial charge in [-0.1, -0.05) is 48.5 Å². The van der Waals surface area contributed by atoms with Crippen LogP contribution in [-0.2, 0) is 11.3 Å².